The molecule has 19 heavy (non-hydrogen) atoms. The summed E-state index contributed by atoms with van der Waals surface area (Å²) in [5, 5.41) is 22.6. The summed E-state index contributed by atoms with van der Waals surface area (Å²) in [5.41, 5.74) is 1.96. The summed E-state index contributed by atoms with van der Waals surface area (Å²) in [6.07, 6.45) is 0. The Balaban J connectivity index is 2.86. The highest BCUT2D eigenvalue weighted by Gasteiger charge is 2.21. The normalized spacial score (nSPS) is 14.0. The smallest absolute Gasteiger partial charge is 0.103 e. The van der Waals surface area contributed by atoms with Crippen molar-refractivity contribution >= 4 is 5.69 Å². The van der Waals surface area contributed by atoms with E-state index in [1.54, 1.807) is 6.92 Å². The molecule has 1 aromatic rings. The fraction of sp³-hybridized carbons (Fsp3) is 0.571. The van der Waals surface area contributed by atoms with Gasteiger partial charge in [-0.3, -0.25) is 4.98 Å². The van der Waals surface area contributed by atoms with Gasteiger partial charge in [0.05, 0.1) is 22.5 Å². The summed E-state index contributed by atoms with van der Waals surface area (Å²) in [5.74, 6) is 0. The van der Waals surface area contributed by atoms with Crippen molar-refractivity contribution in [1.29, 1.82) is 5.26 Å². The topological polar surface area (TPSA) is 72.2 Å². The van der Waals surface area contributed by atoms with Crippen LogP contribution in [-0.2, 0) is 0 Å². The summed E-state index contributed by atoms with van der Waals surface area (Å²) in [7, 11) is 3.83. The summed E-state index contributed by atoms with van der Waals surface area (Å²) < 4.78 is 0. The summed E-state index contributed by atoms with van der Waals surface area (Å²) >= 11 is 0. The van der Waals surface area contributed by atoms with Gasteiger partial charge in [-0.1, -0.05) is 0 Å². The van der Waals surface area contributed by atoms with Crippen molar-refractivity contribution in [3.63, 3.8) is 0 Å². The molecule has 0 spiro atoms. The molecular weight excluding hydrogens is 240 g/mol. The third kappa shape index (κ3) is 4.51. The molecule has 5 heteroatoms. The molecule has 0 aliphatic heterocycles. The number of pyridine rings is 1. The van der Waals surface area contributed by atoms with Gasteiger partial charge < -0.3 is 15.3 Å². The molecule has 1 rings (SSSR count). The highest BCUT2D eigenvalue weighted by molar-refractivity contribution is 5.59. The molecule has 0 radical (unpaired) electrons. The van der Waals surface area contributed by atoms with Crippen molar-refractivity contribution < 1.29 is 5.11 Å². The molecule has 1 aromatic heterocycles. The van der Waals surface area contributed by atoms with Gasteiger partial charge in [0.25, 0.3) is 0 Å². The monoisotopic (exact) mass is 262 g/mol. The third-order valence-corrected chi connectivity index (χ3v) is 2.76. The Morgan fingerprint density at radius 3 is 2.63 bits per heavy atom. The van der Waals surface area contributed by atoms with E-state index >= 15 is 0 Å². The number of nitrogens with one attached hydrogen (secondary N) is 1. The number of nitrogens with zero attached hydrogens (tertiary/aromatic N) is 3. The molecule has 1 unspecified atom stereocenters. The molecule has 0 aromatic carbocycles. The minimum atomic E-state index is -0.860. The molecule has 0 aliphatic carbocycles. The van der Waals surface area contributed by atoms with E-state index in [1.165, 1.54) is 0 Å². The predicted octanol–water partition coefficient (Wildman–Crippen LogP) is 1.29. The zero-order valence-electron chi connectivity index (χ0n) is 12.3. The van der Waals surface area contributed by atoms with E-state index in [-0.39, 0.29) is 0 Å². The maximum absolute atomic E-state index is 10.2. The average molecular weight is 262 g/mol. The first-order valence-electron chi connectivity index (χ1n) is 6.24. The first kappa shape index (κ1) is 15.4. The number of likely N-dealkylation sites (N-methyl/N-ethyl adjacent to an activating group) is 1. The van der Waals surface area contributed by atoms with Crippen LogP contribution in [0.2, 0.25) is 0 Å². The number of aromatic nitrogens is 1. The molecule has 2 N–H and O–H groups in total. The maximum atomic E-state index is 10.2. The average Bonchev–Trinajstić information content (AvgIpc) is 2.24. The molecule has 0 aliphatic rings. The summed E-state index contributed by atoms with van der Waals surface area (Å²) in [6, 6.07) is 3.98. The minimum absolute atomic E-state index is 0.378. The van der Waals surface area contributed by atoms with Crippen LogP contribution in [0.25, 0.3) is 0 Å². The van der Waals surface area contributed by atoms with E-state index in [0.29, 0.717) is 24.3 Å². The molecule has 1 heterocycles. The molecule has 0 fully saturated rings. The van der Waals surface area contributed by atoms with Crippen LogP contribution < -0.4 is 5.32 Å². The van der Waals surface area contributed by atoms with Crippen molar-refractivity contribution in [2.45, 2.75) is 26.4 Å². The van der Waals surface area contributed by atoms with Crippen molar-refractivity contribution in [1.82, 2.24) is 9.88 Å². The third-order valence-electron chi connectivity index (χ3n) is 2.76. The Morgan fingerprint density at radius 2 is 2.11 bits per heavy atom. The molecule has 5 nitrogen and oxygen atoms in total. The quantitative estimate of drug-likeness (QED) is 0.836. The number of aryl methyl sites for hydroxylation is 2. The first-order valence-corrected chi connectivity index (χ1v) is 6.24. The lowest BCUT2D eigenvalue weighted by Gasteiger charge is -2.27. The largest absolute Gasteiger partial charge is 0.387 e. The van der Waals surface area contributed by atoms with Crippen LogP contribution in [0.1, 0.15) is 23.9 Å². The molecule has 104 valence electrons. The van der Waals surface area contributed by atoms with Crippen molar-refractivity contribution in [2.24, 2.45) is 0 Å². The van der Waals surface area contributed by atoms with Crippen LogP contribution in [0, 0.1) is 25.2 Å². The van der Waals surface area contributed by atoms with E-state index in [9.17, 15) is 5.11 Å². The summed E-state index contributed by atoms with van der Waals surface area (Å²) in [6.45, 7) is 6.40. The second-order valence-corrected chi connectivity index (χ2v) is 5.47. The number of hydrogen-bond donors (Lipinski definition) is 2. The fourth-order valence-electron chi connectivity index (χ4n) is 2.13. The Hall–Kier alpha value is -1.64. The van der Waals surface area contributed by atoms with Crippen LogP contribution in [0.4, 0.5) is 5.69 Å². The van der Waals surface area contributed by atoms with Gasteiger partial charge in [0.1, 0.15) is 6.07 Å². The summed E-state index contributed by atoms with van der Waals surface area (Å²) in [4.78, 5) is 6.19. The lowest BCUT2D eigenvalue weighted by atomic mass is 10.1. The minimum Gasteiger partial charge on any atom is -0.387 e. The number of hydrogen-bond acceptors (Lipinski definition) is 5. The molecule has 0 bridgehead atoms. The number of nitriles is 1. The van der Waals surface area contributed by atoms with Crippen molar-refractivity contribution in [2.75, 3.05) is 32.5 Å². The van der Waals surface area contributed by atoms with Gasteiger partial charge in [-0.25, -0.2) is 0 Å². The van der Waals surface area contributed by atoms with Crippen LogP contribution in [-0.4, -0.2) is 47.8 Å². The van der Waals surface area contributed by atoms with E-state index in [4.69, 9.17) is 5.26 Å². The number of aliphatic hydroxyl groups is 1. The van der Waals surface area contributed by atoms with Gasteiger partial charge in [0, 0.05) is 18.8 Å². The van der Waals surface area contributed by atoms with Gasteiger partial charge >= 0.3 is 0 Å². The molecule has 0 amide bonds. The standard InChI is InChI=1S/C14H22N4O/c1-10-6-13(12(7-15)11(2)17-10)16-8-14(3,19)9-18(4)5/h6,19H,8-9H2,1-5H3,(H,16,17). The van der Waals surface area contributed by atoms with Gasteiger partial charge in [-0.15, -0.1) is 0 Å². The van der Waals surface area contributed by atoms with E-state index in [0.717, 1.165) is 11.4 Å². The number of rotatable bonds is 5. The van der Waals surface area contributed by atoms with Gasteiger partial charge in [-0.2, -0.15) is 5.26 Å². The highest BCUT2D eigenvalue weighted by Crippen LogP contribution is 2.19. The van der Waals surface area contributed by atoms with Crippen LogP contribution in [0.15, 0.2) is 6.07 Å². The Labute approximate surface area is 114 Å². The van der Waals surface area contributed by atoms with E-state index in [2.05, 4.69) is 16.4 Å². The van der Waals surface area contributed by atoms with Gasteiger partial charge in [0.2, 0.25) is 0 Å². The van der Waals surface area contributed by atoms with Crippen molar-refractivity contribution in [3.8, 4) is 6.07 Å². The lowest BCUT2D eigenvalue weighted by molar-refractivity contribution is 0.0460. The predicted molar refractivity (Wildman–Crippen MR) is 76.1 cm³/mol. The van der Waals surface area contributed by atoms with Crippen molar-refractivity contribution in [3.05, 3.63) is 23.0 Å². The SMILES string of the molecule is Cc1cc(NCC(C)(O)CN(C)C)c(C#N)c(C)n1. The molecular formula is C14H22N4O. The highest BCUT2D eigenvalue weighted by atomic mass is 16.3. The zero-order valence-corrected chi connectivity index (χ0v) is 12.3. The second-order valence-electron chi connectivity index (χ2n) is 5.47. The van der Waals surface area contributed by atoms with Crippen LogP contribution >= 0.6 is 0 Å². The molecule has 0 saturated heterocycles. The maximum Gasteiger partial charge on any atom is 0.103 e. The Bertz CT molecular complexity index is 489. The van der Waals surface area contributed by atoms with Gasteiger partial charge in [0.15, 0.2) is 0 Å². The van der Waals surface area contributed by atoms with Crippen LogP contribution in [0.3, 0.4) is 0 Å². The lowest BCUT2D eigenvalue weighted by Crippen LogP contribution is -2.43. The number of anilines is 1. The van der Waals surface area contributed by atoms with E-state index < -0.39 is 5.60 Å². The molecule has 1 atom stereocenters. The van der Waals surface area contributed by atoms with Gasteiger partial charge in [-0.05, 0) is 40.9 Å². The second kappa shape index (κ2) is 6.00. The zero-order chi connectivity index (χ0) is 14.6. The van der Waals surface area contributed by atoms with E-state index in [1.807, 2.05) is 38.9 Å². The molecule has 0 saturated carbocycles. The Morgan fingerprint density at radius 1 is 1.47 bits per heavy atom. The fourth-order valence-corrected chi connectivity index (χ4v) is 2.13. The van der Waals surface area contributed by atoms with Crippen LogP contribution in [0.5, 0.6) is 0 Å². The Kier molecular flexibility index (Phi) is 4.87. The first-order chi connectivity index (χ1) is 8.75.